The molecule has 1 heterocycles. The Morgan fingerprint density at radius 3 is 2.50 bits per heavy atom. The molecule has 1 heteroatoms. The summed E-state index contributed by atoms with van der Waals surface area (Å²) >= 11 is 0. The molecule has 0 fully saturated rings. The minimum absolute atomic E-state index is 1.06. The minimum atomic E-state index is 1.06. The quantitative estimate of drug-likeness (QED) is 0.564. The fraction of sp³-hybridized carbons (Fsp3) is 0.692. The highest BCUT2D eigenvalue weighted by Crippen LogP contribution is 2.26. The van der Waals surface area contributed by atoms with Gasteiger partial charge in [-0.25, -0.2) is 0 Å². The molecule has 0 saturated carbocycles. The Morgan fingerprint density at radius 1 is 1.14 bits per heavy atom. The van der Waals surface area contributed by atoms with Gasteiger partial charge in [-0.3, -0.25) is 4.48 Å². The lowest BCUT2D eigenvalue weighted by atomic mass is 10.1. The van der Waals surface area contributed by atoms with Gasteiger partial charge in [0.1, 0.15) is 11.9 Å². The number of nitrogens with zero attached hydrogens (tertiary/aromatic N) is 1. The van der Waals surface area contributed by atoms with E-state index in [0.717, 1.165) is 4.48 Å². The number of unbranched alkanes of at least 4 members (excludes halogenated alkanes) is 2. The van der Waals surface area contributed by atoms with Crippen LogP contribution in [0.1, 0.15) is 46.0 Å². The van der Waals surface area contributed by atoms with Gasteiger partial charge in [0.15, 0.2) is 0 Å². The van der Waals surface area contributed by atoms with Gasteiger partial charge in [-0.1, -0.05) is 26.7 Å². The number of hydrogen-bond donors (Lipinski definition) is 0. The molecular weight excluding hydrogens is 170 g/mol. The van der Waals surface area contributed by atoms with E-state index in [0.29, 0.717) is 0 Å². The summed E-state index contributed by atoms with van der Waals surface area (Å²) < 4.78 is 1.06. The zero-order valence-electron chi connectivity index (χ0n) is 9.92. The predicted octanol–water partition coefficient (Wildman–Crippen LogP) is 3.83. The maximum Gasteiger partial charge on any atom is 0.113 e. The molecule has 0 spiro atoms. The molecule has 0 bridgehead atoms. The first-order valence-corrected chi connectivity index (χ1v) is 5.97. The summed E-state index contributed by atoms with van der Waals surface area (Å²) in [5, 5.41) is 0. The fourth-order valence-electron chi connectivity index (χ4n) is 2.01. The second kappa shape index (κ2) is 5.35. The lowest BCUT2D eigenvalue weighted by molar-refractivity contribution is -0.819. The van der Waals surface area contributed by atoms with E-state index in [1.807, 2.05) is 0 Å². The van der Waals surface area contributed by atoms with Gasteiger partial charge in [0.05, 0.1) is 13.6 Å². The lowest BCUT2D eigenvalue weighted by Gasteiger charge is -2.29. The molecule has 1 aliphatic heterocycles. The molecule has 0 aliphatic carbocycles. The Morgan fingerprint density at radius 2 is 1.86 bits per heavy atom. The fourth-order valence-corrected chi connectivity index (χ4v) is 2.01. The van der Waals surface area contributed by atoms with Crippen LogP contribution in [-0.4, -0.2) is 18.1 Å². The van der Waals surface area contributed by atoms with Crippen molar-refractivity contribution in [2.24, 2.45) is 0 Å². The third-order valence-electron chi connectivity index (χ3n) is 3.12. The Bertz CT molecular complexity index is 227. The predicted molar refractivity (Wildman–Crippen MR) is 62.7 cm³/mol. The molecule has 1 rings (SSSR count). The highest BCUT2D eigenvalue weighted by atomic mass is 15.3. The molecular formula is C13H24N+. The van der Waals surface area contributed by atoms with Crippen molar-refractivity contribution in [3.63, 3.8) is 0 Å². The highest BCUT2D eigenvalue weighted by molar-refractivity contribution is 5.13. The van der Waals surface area contributed by atoms with Gasteiger partial charge in [-0.15, -0.1) is 0 Å². The smallest absolute Gasteiger partial charge is 0.113 e. The summed E-state index contributed by atoms with van der Waals surface area (Å²) in [5.74, 6) is 0. The van der Waals surface area contributed by atoms with E-state index in [4.69, 9.17) is 0 Å². The summed E-state index contributed by atoms with van der Waals surface area (Å²) in [5.41, 5.74) is 1.60. The number of quaternary nitrogens is 1. The monoisotopic (exact) mass is 194 g/mol. The van der Waals surface area contributed by atoms with Crippen LogP contribution < -0.4 is 0 Å². The third kappa shape index (κ3) is 2.71. The molecule has 0 N–H and O–H groups in total. The van der Waals surface area contributed by atoms with E-state index in [1.165, 1.54) is 38.6 Å². The van der Waals surface area contributed by atoms with Gasteiger partial charge >= 0.3 is 0 Å². The molecule has 80 valence electrons. The van der Waals surface area contributed by atoms with Crippen molar-refractivity contribution in [2.45, 2.75) is 46.0 Å². The second-order valence-corrected chi connectivity index (χ2v) is 4.45. The maximum absolute atomic E-state index is 2.33. The summed E-state index contributed by atoms with van der Waals surface area (Å²) in [7, 11) is 2.33. The van der Waals surface area contributed by atoms with Gasteiger partial charge < -0.3 is 0 Å². The van der Waals surface area contributed by atoms with Crippen LogP contribution in [0.5, 0.6) is 0 Å². The topological polar surface area (TPSA) is 0 Å². The SMILES string of the molecule is CCCCC1=CC=C[N+]1(C)CCCC. The van der Waals surface area contributed by atoms with Crippen molar-refractivity contribution >= 4 is 0 Å². The van der Waals surface area contributed by atoms with Crippen molar-refractivity contribution < 1.29 is 4.48 Å². The van der Waals surface area contributed by atoms with Gasteiger partial charge in [-0.05, 0) is 18.9 Å². The molecule has 0 aromatic carbocycles. The average Bonchev–Trinajstić information content (AvgIpc) is 2.54. The molecule has 0 amide bonds. The van der Waals surface area contributed by atoms with Gasteiger partial charge in [-0.2, -0.15) is 0 Å². The standard InChI is InChI=1S/C13H24N/c1-4-6-9-13-10-8-12-14(13,3)11-7-5-2/h8,10,12H,4-7,9,11H2,1-3H3/q+1. The average molecular weight is 194 g/mol. The molecule has 1 atom stereocenters. The number of rotatable bonds is 6. The molecule has 1 nitrogen and oxygen atoms in total. The van der Waals surface area contributed by atoms with Crippen LogP contribution in [0.15, 0.2) is 24.0 Å². The summed E-state index contributed by atoms with van der Waals surface area (Å²) in [6.07, 6.45) is 13.4. The number of allylic oxidation sites excluding steroid dienone is 3. The highest BCUT2D eigenvalue weighted by Gasteiger charge is 2.26. The van der Waals surface area contributed by atoms with Crippen LogP contribution in [0.4, 0.5) is 0 Å². The Hall–Kier alpha value is -0.560. The van der Waals surface area contributed by atoms with E-state index in [2.05, 4.69) is 39.2 Å². The third-order valence-corrected chi connectivity index (χ3v) is 3.12. The second-order valence-electron chi connectivity index (χ2n) is 4.45. The molecule has 1 aliphatic rings. The van der Waals surface area contributed by atoms with Gasteiger partial charge in [0, 0.05) is 12.5 Å². The Labute approximate surface area is 88.7 Å². The van der Waals surface area contributed by atoms with Crippen molar-refractivity contribution in [1.82, 2.24) is 0 Å². The molecule has 0 aromatic heterocycles. The van der Waals surface area contributed by atoms with Crippen molar-refractivity contribution in [3.8, 4) is 0 Å². The van der Waals surface area contributed by atoms with E-state index < -0.39 is 0 Å². The summed E-state index contributed by atoms with van der Waals surface area (Å²) in [6.45, 7) is 5.79. The van der Waals surface area contributed by atoms with Crippen molar-refractivity contribution in [1.29, 1.82) is 0 Å². The normalized spacial score (nSPS) is 25.5. The number of hydrogen-bond acceptors (Lipinski definition) is 0. The van der Waals surface area contributed by atoms with Crippen molar-refractivity contribution in [3.05, 3.63) is 24.0 Å². The first-order valence-electron chi connectivity index (χ1n) is 5.97. The van der Waals surface area contributed by atoms with E-state index in [9.17, 15) is 0 Å². The molecule has 0 saturated heterocycles. The van der Waals surface area contributed by atoms with Crippen LogP contribution in [0.25, 0.3) is 0 Å². The lowest BCUT2D eigenvalue weighted by Crippen LogP contribution is -2.36. The van der Waals surface area contributed by atoms with E-state index >= 15 is 0 Å². The Balaban J connectivity index is 2.50. The summed E-state index contributed by atoms with van der Waals surface area (Å²) in [4.78, 5) is 0. The zero-order chi connectivity index (χ0) is 10.4. The first-order chi connectivity index (χ1) is 6.73. The Kier molecular flexibility index (Phi) is 4.40. The van der Waals surface area contributed by atoms with Crippen LogP contribution in [-0.2, 0) is 0 Å². The van der Waals surface area contributed by atoms with Crippen LogP contribution >= 0.6 is 0 Å². The van der Waals surface area contributed by atoms with Gasteiger partial charge in [0.25, 0.3) is 0 Å². The van der Waals surface area contributed by atoms with Crippen LogP contribution in [0, 0.1) is 0 Å². The maximum atomic E-state index is 2.33. The van der Waals surface area contributed by atoms with Crippen LogP contribution in [0.3, 0.4) is 0 Å². The summed E-state index contributed by atoms with van der Waals surface area (Å²) in [6, 6.07) is 0. The molecule has 0 radical (unpaired) electrons. The van der Waals surface area contributed by atoms with Crippen molar-refractivity contribution in [2.75, 3.05) is 13.6 Å². The van der Waals surface area contributed by atoms with Gasteiger partial charge in [0.2, 0.25) is 0 Å². The minimum Gasteiger partial charge on any atom is -0.271 e. The van der Waals surface area contributed by atoms with E-state index in [-0.39, 0.29) is 0 Å². The molecule has 1 unspecified atom stereocenters. The first kappa shape index (κ1) is 11.5. The molecule has 0 aromatic rings. The molecule has 14 heavy (non-hydrogen) atoms. The largest absolute Gasteiger partial charge is 0.271 e. The van der Waals surface area contributed by atoms with Crippen LogP contribution in [0.2, 0.25) is 0 Å². The zero-order valence-corrected chi connectivity index (χ0v) is 9.92. The van der Waals surface area contributed by atoms with E-state index in [1.54, 1.807) is 5.70 Å².